The summed E-state index contributed by atoms with van der Waals surface area (Å²) in [5.41, 5.74) is 0.421. The number of nitrogens with zero attached hydrogens (tertiary/aromatic N) is 1. The minimum atomic E-state index is -1.11. The first-order valence-corrected chi connectivity index (χ1v) is 7.02. The second-order valence-corrected chi connectivity index (χ2v) is 5.64. The summed E-state index contributed by atoms with van der Waals surface area (Å²) in [6.07, 6.45) is 1.49. The summed E-state index contributed by atoms with van der Waals surface area (Å²) < 4.78 is 1.42. The van der Waals surface area contributed by atoms with Gasteiger partial charge in [-0.15, -0.1) is 0 Å². The van der Waals surface area contributed by atoms with Crippen molar-refractivity contribution in [2.45, 2.75) is 0 Å². The molecule has 0 unspecified atom stereocenters. The number of nitrogens with one attached hydrogen (secondary N) is 1. The predicted molar refractivity (Wildman–Crippen MR) is 81.0 cm³/mol. The highest BCUT2D eigenvalue weighted by atomic mass is 79.9. The van der Waals surface area contributed by atoms with E-state index in [2.05, 4.69) is 42.2 Å². The topological polar surface area (TPSA) is 79.3 Å². The second-order valence-electron chi connectivity index (χ2n) is 3.81. The van der Waals surface area contributed by atoms with Gasteiger partial charge in [0.25, 0.3) is 5.91 Å². The van der Waals surface area contributed by atoms with Crippen molar-refractivity contribution in [3.63, 3.8) is 0 Å². The van der Waals surface area contributed by atoms with Gasteiger partial charge in [-0.25, -0.2) is 9.78 Å². The highest BCUT2D eigenvalue weighted by Crippen LogP contribution is 2.22. The molecule has 1 aromatic heterocycles. The molecule has 0 saturated heterocycles. The van der Waals surface area contributed by atoms with Crippen LogP contribution in [0.25, 0.3) is 0 Å². The predicted octanol–water partition coefficient (Wildman–Crippen LogP) is 3.56. The van der Waals surface area contributed by atoms with Crippen LogP contribution in [0, 0.1) is 0 Å². The van der Waals surface area contributed by atoms with Crippen molar-refractivity contribution in [3.8, 4) is 0 Å². The van der Waals surface area contributed by atoms with Crippen LogP contribution in [0.3, 0.4) is 0 Å². The minimum absolute atomic E-state index is 0.0126. The molecule has 7 heteroatoms. The van der Waals surface area contributed by atoms with Gasteiger partial charge in [-0.1, -0.05) is 15.9 Å². The van der Waals surface area contributed by atoms with E-state index >= 15 is 0 Å². The van der Waals surface area contributed by atoms with E-state index in [1.165, 1.54) is 24.4 Å². The number of hydrogen-bond acceptors (Lipinski definition) is 3. The van der Waals surface area contributed by atoms with Crippen LogP contribution in [0.15, 0.2) is 45.5 Å². The molecule has 0 spiro atoms. The van der Waals surface area contributed by atoms with Crippen molar-refractivity contribution in [2.24, 2.45) is 0 Å². The number of carbonyl (C=O) groups is 2. The number of hydrogen-bond donors (Lipinski definition) is 2. The monoisotopic (exact) mass is 398 g/mol. The maximum absolute atomic E-state index is 12.0. The molecule has 0 fully saturated rings. The Morgan fingerprint density at radius 1 is 1.10 bits per heavy atom. The first-order valence-electron chi connectivity index (χ1n) is 5.43. The van der Waals surface area contributed by atoms with E-state index in [0.717, 1.165) is 4.47 Å². The van der Waals surface area contributed by atoms with Gasteiger partial charge in [0.05, 0.1) is 11.3 Å². The van der Waals surface area contributed by atoms with Crippen LogP contribution in [0.5, 0.6) is 0 Å². The van der Waals surface area contributed by atoms with Crippen LogP contribution in [-0.4, -0.2) is 22.0 Å². The lowest BCUT2D eigenvalue weighted by atomic mass is 10.1. The summed E-state index contributed by atoms with van der Waals surface area (Å²) in [4.78, 5) is 27.1. The van der Waals surface area contributed by atoms with E-state index in [9.17, 15) is 9.59 Å². The molecule has 20 heavy (non-hydrogen) atoms. The van der Waals surface area contributed by atoms with E-state index in [1.807, 2.05) is 0 Å². The SMILES string of the molecule is O=C(Nc1cc(Br)ccc1C(=O)O)c1ccc(Br)cn1. The number of pyridine rings is 1. The molecule has 0 radical (unpaired) electrons. The lowest BCUT2D eigenvalue weighted by molar-refractivity contribution is 0.0698. The summed E-state index contributed by atoms with van der Waals surface area (Å²) in [5, 5.41) is 11.6. The molecule has 102 valence electrons. The molecule has 0 atom stereocenters. The van der Waals surface area contributed by atoms with Crippen molar-refractivity contribution < 1.29 is 14.7 Å². The third-order valence-electron chi connectivity index (χ3n) is 2.42. The molecule has 2 N–H and O–H groups in total. The van der Waals surface area contributed by atoms with Gasteiger partial charge in [0.2, 0.25) is 0 Å². The van der Waals surface area contributed by atoms with Crippen molar-refractivity contribution in [3.05, 3.63) is 56.7 Å². The normalized spacial score (nSPS) is 10.1. The molecule has 2 rings (SSSR count). The largest absolute Gasteiger partial charge is 0.478 e. The summed E-state index contributed by atoms with van der Waals surface area (Å²) in [6.45, 7) is 0. The lowest BCUT2D eigenvalue weighted by Crippen LogP contribution is -2.16. The van der Waals surface area contributed by atoms with E-state index in [4.69, 9.17) is 5.11 Å². The summed E-state index contributed by atoms with van der Waals surface area (Å²) in [6, 6.07) is 7.76. The van der Waals surface area contributed by atoms with Gasteiger partial charge < -0.3 is 10.4 Å². The Morgan fingerprint density at radius 2 is 1.80 bits per heavy atom. The van der Waals surface area contributed by atoms with Crippen LogP contribution in [0.2, 0.25) is 0 Å². The number of aromatic carboxylic acids is 1. The van der Waals surface area contributed by atoms with E-state index < -0.39 is 11.9 Å². The molecule has 0 aliphatic rings. The Bertz CT molecular complexity index is 672. The van der Waals surface area contributed by atoms with Gasteiger partial charge in [-0.3, -0.25) is 4.79 Å². The lowest BCUT2D eigenvalue weighted by Gasteiger charge is -2.08. The maximum Gasteiger partial charge on any atom is 0.337 e. The molecule has 1 amide bonds. The first kappa shape index (κ1) is 14.7. The Labute approximate surface area is 131 Å². The van der Waals surface area contributed by atoms with Crippen LogP contribution in [0.1, 0.15) is 20.8 Å². The number of anilines is 1. The van der Waals surface area contributed by atoms with Crippen LogP contribution in [-0.2, 0) is 0 Å². The summed E-state index contributed by atoms with van der Waals surface area (Å²) >= 11 is 6.46. The average molecular weight is 400 g/mol. The molecule has 0 bridgehead atoms. The Morgan fingerprint density at radius 3 is 2.40 bits per heavy atom. The molecule has 1 aromatic carbocycles. The molecule has 0 aliphatic heterocycles. The number of carbonyl (C=O) groups excluding carboxylic acids is 1. The molecular weight excluding hydrogens is 392 g/mol. The fourth-order valence-corrected chi connectivity index (χ4v) is 2.10. The number of amides is 1. The van der Waals surface area contributed by atoms with Crippen molar-refractivity contribution in [1.82, 2.24) is 4.98 Å². The minimum Gasteiger partial charge on any atom is -0.478 e. The smallest absolute Gasteiger partial charge is 0.337 e. The van der Waals surface area contributed by atoms with Gasteiger partial charge in [0.1, 0.15) is 5.69 Å². The van der Waals surface area contributed by atoms with Crippen molar-refractivity contribution in [1.29, 1.82) is 0 Å². The highest BCUT2D eigenvalue weighted by molar-refractivity contribution is 9.10. The fraction of sp³-hybridized carbons (Fsp3) is 0. The zero-order chi connectivity index (χ0) is 14.7. The maximum atomic E-state index is 12.0. The van der Waals surface area contributed by atoms with Crippen LogP contribution < -0.4 is 5.32 Å². The van der Waals surface area contributed by atoms with Crippen LogP contribution >= 0.6 is 31.9 Å². The first-order chi connectivity index (χ1) is 9.47. The number of rotatable bonds is 3. The van der Waals surface area contributed by atoms with Gasteiger partial charge in [0, 0.05) is 15.1 Å². The quantitative estimate of drug-likeness (QED) is 0.826. The standard InChI is InChI=1S/C13H8Br2N2O3/c14-7-1-3-9(13(19)20)11(5-7)17-12(18)10-4-2-8(15)6-16-10/h1-6H,(H,17,18)(H,19,20). The van der Waals surface area contributed by atoms with E-state index in [0.29, 0.717) is 4.47 Å². The van der Waals surface area contributed by atoms with Gasteiger partial charge in [-0.2, -0.15) is 0 Å². The second kappa shape index (κ2) is 6.15. The third-order valence-corrected chi connectivity index (χ3v) is 3.38. The third kappa shape index (κ3) is 3.43. The van der Waals surface area contributed by atoms with Gasteiger partial charge in [0.15, 0.2) is 0 Å². The Kier molecular flexibility index (Phi) is 4.51. The van der Waals surface area contributed by atoms with Gasteiger partial charge in [-0.05, 0) is 46.3 Å². The number of benzene rings is 1. The number of aromatic nitrogens is 1. The average Bonchev–Trinajstić information content (AvgIpc) is 2.39. The number of halogens is 2. The van der Waals surface area contributed by atoms with Crippen molar-refractivity contribution in [2.75, 3.05) is 5.32 Å². The molecule has 5 nitrogen and oxygen atoms in total. The highest BCUT2D eigenvalue weighted by Gasteiger charge is 2.14. The summed E-state index contributed by atoms with van der Waals surface area (Å²) in [7, 11) is 0. The van der Waals surface area contributed by atoms with E-state index in [-0.39, 0.29) is 16.9 Å². The molecule has 2 aromatic rings. The Hall–Kier alpha value is -1.73. The molecule has 0 saturated carbocycles. The van der Waals surface area contributed by atoms with Gasteiger partial charge >= 0.3 is 5.97 Å². The van der Waals surface area contributed by atoms with E-state index in [1.54, 1.807) is 12.1 Å². The summed E-state index contributed by atoms with van der Waals surface area (Å²) in [5.74, 6) is -1.59. The Balaban J connectivity index is 2.29. The fourth-order valence-electron chi connectivity index (χ4n) is 1.50. The molecular formula is C13H8Br2N2O3. The molecule has 1 heterocycles. The number of carboxylic acids is 1. The van der Waals surface area contributed by atoms with Crippen molar-refractivity contribution >= 4 is 49.4 Å². The zero-order valence-electron chi connectivity index (χ0n) is 9.93. The number of carboxylic acid groups (broad SMARTS) is 1. The molecule has 0 aliphatic carbocycles. The van der Waals surface area contributed by atoms with Crippen LogP contribution in [0.4, 0.5) is 5.69 Å². The zero-order valence-corrected chi connectivity index (χ0v) is 13.1.